The van der Waals surface area contributed by atoms with E-state index in [1.807, 2.05) is 18.2 Å². The van der Waals surface area contributed by atoms with E-state index in [0.717, 1.165) is 48.5 Å². The number of H-pyrrole nitrogens is 1. The number of aromatic amines is 1. The fraction of sp³-hybridized carbons (Fsp3) is 0.261. The van der Waals surface area contributed by atoms with E-state index in [2.05, 4.69) is 71.9 Å². The number of hydrogen-bond donors (Lipinski definition) is 3. The van der Waals surface area contributed by atoms with Crippen molar-refractivity contribution in [1.82, 2.24) is 25.1 Å². The van der Waals surface area contributed by atoms with E-state index >= 15 is 0 Å². The Balaban J connectivity index is 1.31. The predicted octanol–water partition coefficient (Wildman–Crippen LogP) is 3.60. The standard InChI is InChI=1S/C23H26N8O/c1-30-9-11-31(12-10-30)19-7-5-17(6-8-19)27-23-24-15-21(32-2)22(28-23)26-18-4-3-16-14-25-29-20(16)13-18/h3-8,13-15H,9-12H2,1-2H3,(H,25,29)(H2,24,26,27,28). The number of anilines is 5. The molecule has 5 rings (SSSR count). The van der Waals surface area contributed by atoms with E-state index < -0.39 is 0 Å². The Morgan fingerprint density at radius 1 is 0.938 bits per heavy atom. The van der Waals surface area contributed by atoms with E-state index in [1.54, 1.807) is 19.5 Å². The zero-order valence-electron chi connectivity index (χ0n) is 18.2. The highest BCUT2D eigenvalue weighted by molar-refractivity contribution is 5.82. The fourth-order valence-electron chi connectivity index (χ4n) is 3.77. The van der Waals surface area contributed by atoms with Crippen molar-refractivity contribution in [2.24, 2.45) is 0 Å². The Morgan fingerprint density at radius 2 is 1.72 bits per heavy atom. The number of hydrogen-bond acceptors (Lipinski definition) is 8. The molecule has 1 fully saturated rings. The summed E-state index contributed by atoms with van der Waals surface area (Å²) in [4.78, 5) is 13.8. The highest BCUT2D eigenvalue weighted by Crippen LogP contribution is 2.28. The Morgan fingerprint density at radius 3 is 2.50 bits per heavy atom. The van der Waals surface area contributed by atoms with Crippen LogP contribution < -0.4 is 20.3 Å². The normalized spacial score (nSPS) is 14.5. The number of nitrogens with one attached hydrogen (secondary N) is 3. The summed E-state index contributed by atoms with van der Waals surface area (Å²) >= 11 is 0. The van der Waals surface area contributed by atoms with Gasteiger partial charge in [-0.2, -0.15) is 10.1 Å². The summed E-state index contributed by atoms with van der Waals surface area (Å²) in [7, 11) is 3.77. The summed E-state index contributed by atoms with van der Waals surface area (Å²) in [5.74, 6) is 1.63. The van der Waals surface area contributed by atoms with Gasteiger partial charge >= 0.3 is 0 Å². The second-order valence-corrected chi connectivity index (χ2v) is 7.87. The Labute approximate surface area is 186 Å². The summed E-state index contributed by atoms with van der Waals surface area (Å²) in [6, 6.07) is 14.3. The van der Waals surface area contributed by atoms with Crippen LogP contribution in [0.1, 0.15) is 0 Å². The van der Waals surface area contributed by atoms with Crippen LogP contribution in [0.25, 0.3) is 10.9 Å². The molecule has 0 unspecified atom stereocenters. The third kappa shape index (κ3) is 4.28. The van der Waals surface area contributed by atoms with Gasteiger partial charge in [0.25, 0.3) is 0 Å². The third-order valence-corrected chi connectivity index (χ3v) is 5.67. The lowest BCUT2D eigenvalue weighted by atomic mass is 10.2. The van der Waals surface area contributed by atoms with Gasteiger partial charge in [0.1, 0.15) is 0 Å². The van der Waals surface area contributed by atoms with Crippen molar-refractivity contribution in [1.29, 1.82) is 0 Å². The first-order chi connectivity index (χ1) is 15.7. The summed E-state index contributed by atoms with van der Waals surface area (Å²) < 4.78 is 5.44. The van der Waals surface area contributed by atoms with Crippen molar-refractivity contribution in [2.75, 3.05) is 55.9 Å². The van der Waals surface area contributed by atoms with Gasteiger partial charge in [-0.15, -0.1) is 0 Å². The zero-order valence-corrected chi connectivity index (χ0v) is 18.2. The van der Waals surface area contributed by atoms with Crippen LogP contribution in [0.15, 0.2) is 54.9 Å². The van der Waals surface area contributed by atoms with E-state index in [0.29, 0.717) is 17.5 Å². The predicted molar refractivity (Wildman–Crippen MR) is 127 cm³/mol. The summed E-state index contributed by atoms with van der Waals surface area (Å²) in [6.45, 7) is 4.26. The second-order valence-electron chi connectivity index (χ2n) is 7.87. The van der Waals surface area contributed by atoms with Gasteiger partial charge in [-0.1, -0.05) is 0 Å². The number of piperazine rings is 1. The van der Waals surface area contributed by atoms with Crippen LogP contribution in [-0.4, -0.2) is 65.4 Å². The average molecular weight is 431 g/mol. The van der Waals surface area contributed by atoms with Crippen LogP contribution >= 0.6 is 0 Å². The molecule has 9 nitrogen and oxygen atoms in total. The highest BCUT2D eigenvalue weighted by Gasteiger charge is 2.14. The maximum Gasteiger partial charge on any atom is 0.229 e. The van der Waals surface area contributed by atoms with Crippen LogP contribution in [0.3, 0.4) is 0 Å². The van der Waals surface area contributed by atoms with Gasteiger partial charge in [-0.3, -0.25) is 5.10 Å². The molecule has 4 aromatic rings. The van der Waals surface area contributed by atoms with Gasteiger partial charge in [0.2, 0.25) is 5.95 Å². The molecule has 0 spiro atoms. The number of nitrogens with zero attached hydrogens (tertiary/aromatic N) is 5. The molecule has 164 valence electrons. The SMILES string of the molecule is COc1cnc(Nc2ccc(N3CCN(C)CC3)cc2)nc1Nc1ccc2cn[nH]c2c1. The molecule has 32 heavy (non-hydrogen) atoms. The first-order valence-electron chi connectivity index (χ1n) is 10.6. The number of fused-ring (bicyclic) bond motifs is 1. The summed E-state index contributed by atoms with van der Waals surface area (Å²) in [5.41, 5.74) is 3.98. The lowest BCUT2D eigenvalue weighted by molar-refractivity contribution is 0.313. The van der Waals surface area contributed by atoms with Crippen LogP contribution in [-0.2, 0) is 0 Å². The first-order valence-corrected chi connectivity index (χ1v) is 10.6. The van der Waals surface area contributed by atoms with E-state index in [4.69, 9.17) is 4.74 Å². The minimum atomic E-state index is 0.489. The molecule has 1 aliphatic rings. The van der Waals surface area contributed by atoms with Crippen molar-refractivity contribution in [3.05, 3.63) is 54.9 Å². The third-order valence-electron chi connectivity index (χ3n) is 5.67. The van der Waals surface area contributed by atoms with E-state index in [-0.39, 0.29) is 0 Å². The summed E-state index contributed by atoms with van der Waals surface area (Å²) in [5, 5.41) is 14.7. The maximum atomic E-state index is 5.44. The van der Waals surface area contributed by atoms with Crippen LogP contribution in [0.2, 0.25) is 0 Å². The molecule has 0 aliphatic carbocycles. The van der Waals surface area contributed by atoms with Gasteiger partial charge in [-0.25, -0.2) is 4.98 Å². The van der Waals surface area contributed by atoms with Gasteiger partial charge in [-0.05, 0) is 49.5 Å². The quantitative estimate of drug-likeness (QED) is 0.427. The molecule has 1 saturated heterocycles. The minimum Gasteiger partial charge on any atom is -0.491 e. The second kappa shape index (κ2) is 8.72. The fourth-order valence-corrected chi connectivity index (χ4v) is 3.77. The Hall–Kier alpha value is -3.85. The van der Waals surface area contributed by atoms with Crippen LogP contribution in [0.5, 0.6) is 5.75 Å². The molecule has 2 aromatic heterocycles. The minimum absolute atomic E-state index is 0.489. The molecule has 2 aromatic carbocycles. The smallest absolute Gasteiger partial charge is 0.229 e. The highest BCUT2D eigenvalue weighted by atomic mass is 16.5. The van der Waals surface area contributed by atoms with Crippen LogP contribution in [0.4, 0.5) is 28.8 Å². The first kappa shape index (κ1) is 20.1. The molecule has 0 amide bonds. The van der Waals surface area contributed by atoms with Gasteiger partial charge < -0.3 is 25.2 Å². The lowest BCUT2D eigenvalue weighted by Crippen LogP contribution is -2.44. The lowest BCUT2D eigenvalue weighted by Gasteiger charge is -2.34. The largest absolute Gasteiger partial charge is 0.491 e. The molecule has 0 saturated carbocycles. The van der Waals surface area contributed by atoms with Crippen molar-refractivity contribution < 1.29 is 4.74 Å². The maximum absolute atomic E-state index is 5.44. The number of rotatable bonds is 6. The molecular formula is C23H26N8O. The molecule has 0 atom stereocenters. The topological polar surface area (TPSA) is 94.2 Å². The molecule has 0 radical (unpaired) electrons. The van der Waals surface area contributed by atoms with Gasteiger partial charge in [0, 0.05) is 48.6 Å². The van der Waals surface area contributed by atoms with Crippen molar-refractivity contribution in [3.63, 3.8) is 0 Å². The number of benzene rings is 2. The molecule has 3 N–H and O–H groups in total. The molecule has 1 aliphatic heterocycles. The van der Waals surface area contributed by atoms with Crippen molar-refractivity contribution >= 4 is 39.7 Å². The van der Waals surface area contributed by atoms with Gasteiger partial charge in [0.15, 0.2) is 11.6 Å². The van der Waals surface area contributed by atoms with E-state index in [9.17, 15) is 0 Å². The summed E-state index contributed by atoms with van der Waals surface area (Å²) in [6.07, 6.45) is 3.45. The molecule has 9 heteroatoms. The van der Waals surface area contributed by atoms with Crippen molar-refractivity contribution in [3.8, 4) is 5.75 Å². The zero-order chi connectivity index (χ0) is 21.9. The number of aromatic nitrogens is 4. The number of likely N-dealkylation sites (N-methyl/N-ethyl adjacent to an activating group) is 1. The van der Waals surface area contributed by atoms with Crippen molar-refractivity contribution in [2.45, 2.75) is 0 Å². The number of ether oxygens (including phenoxy) is 1. The monoisotopic (exact) mass is 430 g/mol. The average Bonchev–Trinajstić information content (AvgIpc) is 3.28. The van der Waals surface area contributed by atoms with Crippen LogP contribution in [0, 0.1) is 0 Å². The number of methoxy groups -OCH3 is 1. The Bertz CT molecular complexity index is 1200. The van der Waals surface area contributed by atoms with E-state index in [1.165, 1.54) is 5.69 Å². The van der Waals surface area contributed by atoms with Gasteiger partial charge in [0.05, 0.1) is 25.0 Å². The molecule has 0 bridgehead atoms. The molecule has 3 heterocycles. The Kier molecular flexibility index (Phi) is 5.47. The molecular weight excluding hydrogens is 404 g/mol.